The molecule has 0 saturated carbocycles. The van der Waals surface area contributed by atoms with Crippen LogP contribution >= 0.6 is 11.3 Å². The molecule has 2 rings (SSSR count). The minimum atomic E-state index is 0.239. The smallest absolute Gasteiger partial charge is 0.161 e. The van der Waals surface area contributed by atoms with Crippen LogP contribution in [0.5, 0.6) is 5.75 Å². The van der Waals surface area contributed by atoms with Crippen LogP contribution in [-0.2, 0) is 13.0 Å². The minimum absolute atomic E-state index is 0.239. The number of nitrogens with zero attached hydrogens (tertiary/aromatic N) is 2. The maximum Gasteiger partial charge on any atom is 0.161 e. The van der Waals surface area contributed by atoms with Crippen LogP contribution < -0.4 is 10.1 Å². The number of rotatable bonds is 8. The van der Waals surface area contributed by atoms with E-state index in [-0.39, 0.29) is 6.04 Å². The molecule has 20 heavy (non-hydrogen) atoms. The number of aromatic nitrogens is 2. The molecule has 0 spiro atoms. The summed E-state index contributed by atoms with van der Waals surface area (Å²) >= 11 is 1.80. The molecule has 0 aliphatic rings. The first-order chi connectivity index (χ1) is 9.80. The first-order valence-corrected chi connectivity index (χ1v) is 8.03. The molecule has 0 aliphatic carbocycles. The van der Waals surface area contributed by atoms with E-state index in [1.54, 1.807) is 18.4 Å². The third-order valence-corrected chi connectivity index (χ3v) is 4.16. The number of hydrogen-bond donors (Lipinski definition) is 1. The molecule has 0 aromatic carbocycles. The van der Waals surface area contributed by atoms with Crippen molar-refractivity contribution in [1.29, 1.82) is 0 Å². The van der Waals surface area contributed by atoms with Crippen LogP contribution in [0.15, 0.2) is 23.7 Å². The van der Waals surface area contributed by atoms with Crippen molar-refractivity contribution in [2.75, 3.05) is 13.7 Å². The Morgan fingerprint density at radius 1 is 1.45 bits per heavy atom. The maximum atomic E-state index is 5.50. The maximum absolute atomic E-state index is 5.50. The van der Waals surface area contributed by atoms with Crippen molar-refractivity contribution in [3.63, 3.8) is 0 Å². The largest absolute Gasteiger partial charge is 0.493 e. The number of thiophene rings is 1. The Morgan fingerprint density at radius 2 is 2.30 bits per heavy atom. The van der Waals surface area contributed by atoms with Crippen LogP contribution in [0.1, 0.15) is 36.9 Å². The van der Waals surface area contributed by atoms with Crippen LogP contribution in [0.3, 0.4) is 0 Å². The molecule has 2 heterocycles. The summed E-state index contributed by atoms with van der Waals surface area (Å²) in [6.45, 7) is 6.15. The standard InChI is InChI=1S/C15H23N3OS/c1-4-8-18-15(14(19-3)11-17-18)13(16-5-2)10-12-7-6-9-20-12/h6-7,9,11,13,16H,4-5,8,10H2,1-3H3. The summed E-state index contributed by atoms with van der Waals surface area (Å²) < 4.78 is 7.57. The van der Waals surface area contributed by atoms with Crippen LogP contribution in [0.25, 0.3) is 0 Å². The van der Waals surface area contributed by atoms with Crippen molar-refractivity contribution < 1.29 is 4.74 Å². The molecular formula is C15H23N3OS. The Morgan fingerprint density at radius 3 is 2.90 bits per heavy atom. The lowest BCUT2D eigenvalue weighted by molar-refractivity contribution is 0.390. The number of ether oxygens (including phenoxy) is 1. The summed E-state index contributed by atoms with van der Waals surface area (Å²) in [7, 11) is 1.71. The highest BCUT2D eigenvalue weighted by atomic mass is 32.1. The number of aryl methyl sites for hydroxylation is 1. The zero-order chi connectivity index (χ0) is 14.4. The van der Waals surface area contributed by atoms with E-state index in [1.165, 1.54) is 4.88 Å². The molecule has 5 heteroatoms. The van der Waals surface area contributed by atoms with E-state index in [9.17, 15) is 0 Å². The second kappa shape index (κ2) is 7.45. The first kappa shape index (κ1) is 15.1. The highest BCUT2D eigenvalue weighted by Crippen LogP contribution is 2.29. The van der Waals surface area contributed by atoms with Gasteiger partial charge in [-0.15, -0.1) is 11.3 Å². The van der Waals surface area contributed by atoms with Gasteiger partial charge in [0, 0.05) is 17.8 Å². The van der Waals surface area contributed by atoms with E-state index in [0.717, 1.165) is 37.4 Å². The van der Waals surface area contributed by atoms with Gasteiger partial charge in [-0.3, -0.25) is 4.68 Å². The molecular weight excluding hydrogens is 270 g/mol. The fraction of sp³-hybridized carbons (Fsp3) is 0.533. The SMILES string of the molecule is CCCn1ncc(OC)c1C(Cc1cccs1)NCC. The monoisotopic (exact) mass is 293 g/mol. The molecule has 0 fully saturated rings. The quantitative estimate of drug-likeness (QED) is 0.812. The molecule has 1 atom stereocenters. The Bertz CT molecular complexity index is 507. The zero-order valence-electron chi connectivity index (χ0n) is 12.4. The molecule has 1 unspecified atom stereocenters. The highest BCUT2D eigenvalue weighted by Gasteiger charge is 2.21. The molecule has 0 radical (unpaired) electrons. The summed E-state index contributed by atoms with van der Waals surface area (Å²) in [5.74, 6) is 0.876. The molecule has 0 bridgehead atoms. The molecule has 2 aromatic heterocycles. The fourth-order valence-corrected chi connectivity index (χ4v) is 3.17. The molecule has 4 nitrogen and oxygen atoms in total. The second-order valence-electron chi connectivity index (χ2n) is 4.72. The lowest BCUT2D eigenvalue weighted by Crippen LogP contribution is -2.26. The Kier molecular flexibility index (Phi) is 5.61. The van der Waals surface area contributed by atoms with Gasteiger partial charge in [0.25, 0.3) is 0 Å². The van der Waals surface area contributed by atoms with Crippen molar-refractivity contribution in [3.8, 4) is 5.75 Å². The van der Waals surface area contributed by atoms with Crippen molar-refractivity contribution in [2.45, 2.75) is 39.3 Å². The van der Waals surface area contributed by atoms with E-state index in [4.69, 9.17) is 4.74 Å². The molecule has 2 aromatic rings. The third kappa shape index (κ3) is 3.41. The fourth-order valence-electron chi connectivity index (χ4n) is 2.42. The van der Waals surface area contributed by atoms with E-state index in [1.807, 2.05) is 6.20 Å². The first-order valence-electron chi connectivity index (χ1n) is 7.15. The van der Waals surface area contributed by atoms with Crippen LogP contribution in [0.2, 0.25) is 0 Å². The van der Waals surface area contributed by atoms with Gasteiger partial charge < -0.3 is 10.1 Å². The van der Waals surface area contributed by atoms with Crippen molar-refractivity contribution in [2.24, 2.45) is 0 Å². The summed E-state index contributed by atoms with van der Waals surface area (Å²) in [6.07, 6.45) is 3.86. The topological polar surface area (TPSA) is 39.1 Å². The molecule has 0 amide bonds. The van der Waals surface area contributed by atoms with Crippen LogP contribution in [0.4, 0.5) is 0 Å². The normalized spacial score (nSPS) is 12.6. The Labute approximate surface area is 124 Å². The summed E-state index contributed by atoms with van der Waals surface area (Å²) in [5.41, 5.74) is 1.16. The number of nitrogens with one attached hydrogen (secondary N) is 1. The third-order valence-electron chi connectivity index (χ3n) is 3.27. The number of methoxy groups -OCH3 is 1. The van der Waals surface area contributed by atoms with Gasteiger partial charge in [-0.05, 0) is 24.4 Å². The molecule has 0 saturated heterocycles. The Balaban J connectivity index is 2.29. The summed E-state index contributed by atoms with van der Waals surface area (Å²) in [6, 6.07) is 4.52. The predicted molar refractivity (Wildman–Crippen MR) is 83.5 cm³/mol. The van der Waals surface area contributed by atoms with Gasteiger partial charge in [0.05, 0.1) is 25.0 Å². The number of hydrogen-bond acceptors (Lipinski definition) is 4. The molecule has 1 N–H and O–H groups in total. The summed E-state index contributed by atoms with van der Waals surface area (Å²) in [4.78, 5) is 1.38. The summed E-state index contributed by atoms with van der Waals surface area (Å²) in [5, 5.41) is 10.2. The van der Waals surface area contributed by atoms with Crippen LogP contribution in [0, 0.1) is 0 Å². The zero-order valence-corrected chi connectivity index (χ0v) is 13.2. The van der Waals surface area contributed by atoms with Gasteiger partial charge in [-0.25, -0.2) is 0 Å². The van der Waals surface area contributed by atoms with Gasteiger partial charge in [0.1, 0.15) is 0 Å². The minimum Gasteiger partial charge on any atom is -0.493 e. The van der Waals surface area contributed by atoms with Crippen molar-refractivity contribution in [1.82, 2.24) is 15.1 Å². The molecule has 0 aliphatic heterocycles. The van der Waals surface area contributed by atoms with Gasteiger partial charge in [-0.2, -0.15) is 5.10 Å². The predicted octanol–water partition coefficient (Wildman–Crippen LogP) is 3.26. The molecule has 110 valence electrons. The van der Waals surface area contributed by atoms with E-state index < -0.39 is 0 Å². The second-order valence-corrected chi connectivity index (χ2v) is 5.75. The average Bonchev–Trinajstić information content (AvgIpc) is 3.08. The lowest BCUT2D eigenvalue weighted by Gasteiger charge is -2.20. The van der Waals surface area contributed by atoms with Crippen molar-refractivity contribution in [3.05, 3.63) is 34.3 Å². The highest BCUT2D eigenvalue weighted by molar-refractivity contribution is 7.09. The van der Waals surface area contributed by atoms with Gasteiger partial charge in [0.15, 0.2) is 5.75 Å². The lowest BCUT2D eigenvalue weighted by atomic mass is 10.1. The number of likely N-dealkylation sites (N-methyl/N-ethyl adjacent to an activating group) is 1. The van der Waals surface area contributed by atoms with Gasteiger partial charge in [-0.1, -0.05) is 19.9 Å². The van der Waals surface area contributed by atoms with Crippen LogP contribution in [-0.4, -0.2) is 23.4 Å². The Hall–Kier alpha value is -1.33. The van der Waals surface area contributed by atoms with E-state index in [0.29, 0.717) is 0 Å². The van der Waals surface area contributed by atoms with E-state index >= 15 is 0 Å². The van der Waals surface area contributed by atoms with Gasteiger partial charge >= 0.3 is 0 Å². The van der Waals surface area contributed by atoms with Crippen molar-refractivity contribution >= 4 is 11.3 Å². The van der Waals surface area contributed by atoms with E-state index in [2.05, 4.69) is 46.5 Å². The average molecular weight is 293 g/mol. The van der Waals surface area contributed by atoms with Gasteiger partial charge in [0.2, 0.25) is 0 Å².